The minimum Gasteiger partial charge on any atom is -0.681 e. The molecule has 2 aliphatic heterocycles. The molecule has 1 fully saturated rings. The van der Waals surface area contributed by atoms with Gasteiger partial charge in [-0.25, -0.2) is 0 Å². The van der Waals surface area contributed by atoms with Gasteiger partial charge in [0.05, 0.1) is 5.92 Å². The van der Waals surface area contributed by atoms with Crippen LogP contribution < -0.4 is 36.2 Å². The van der Waals surface area contributed by atoms with Gasteiger partial charge < -0.3 is 35.2 Å². The molecule has 5 heterocycles. The van der Waals surface area contributed by atoms with Crippen molar-refractivity contribution in [2.75, 3.05) is 7.11 Å². The molecular weight excluding hydrogens is 537 g/mol. The quantitative estimate of drug-likeness (QED) is 0.357. The fourth-order valence-electron chi connectivity index (χ4n) is 7.19. The average Bonchev–Trinajstić information content (AvgIpc) is 3.69. The van der Waals surface area contributed by atoms with E-state index >= 15 is 0 Å². The molecule has 0 saturated carbocycles. The van der Waals surface area contributed by atoms with Crippen molar-refractivity contribution in [2.45, 2.75) is 66.7 Å². The largest absolute Gasteiger partial charge is 2.00 e. The Morgan fingerprint density at radius 1 is 0.976 bits per heavy atom. The molecule has 0 aromatic carbocycles. The minimum absolute atomic E-state index is 0. The van der Waals surface area contributed by atoms with E-state index < -0.39 is 12.2 Å². The molecule has 3 aromatic rings. The van der Waals surface area contributed by atoms with Crippen LogP contribution in [0.1, 0.15) is 72.1 Å². The minimum atomic E-state index is -1.21. The van der Waals surface area contributed by atoms with Gasteiger partial charge >= 0.3 is 23.1 Å². The molecule has 7 nitrogen and oxygen atoms in total. The molecule has 6 rings (SSSR count). The van der Waals surface area contributed by atoms with E-state index in [0.29, 0.717) is 10.6 Å². The van der Waals surface area contributed by atoms with Crippen LogP contribution in [0.15, 0.2) is 12.3 Å². The Balaban J connectivity index is 0.00000353. The third kappa shape index (κ3) is 4.37. The van der Waals surface area contributed by atoms with Gasteiger partial charge in [0.25, 0.3) is 0 Å². The van der Waals surface area contributed by atoms with Gasteiger partial charge in [0.1, 0.15) is 5.76 Å². The number of aromatic nitrogens is 3. The Morgan fingerprint density at radius 2 is 1.67 bits per heavy atom. The Hall–Kier alpha value is -2.91. The Labute approximate surface area is 263 Å². The maximum atomic E-state index is 11.6. The molecule has 8 bridgehead atoms. The van der Waals surface area contributed by atoms with Crippen LogP contribution in [0.2, 0.25) is 0 Å². The third-order valence-corrected chi connectivity index (χ3v) is 9.59. The van der Waals surface area contributed by atoms with Gasteiger partial charge in [0.2, 0.25) is 0 Å². The maximum Gasteiger partial charge on any atom is 2.00 e. The topological polar surface area (TPSA) is 106 Å². The van der Waals surface area contributed by atoms with Crippen LogP contribution in [0.3, 0.4) is 0 Å². The van der Waals surface area contributed by atoms with Crippen LogP contribution in [0.25, 0.3) is 41.0 Å². The van der Waals surface area contributed by atoms with Crippen LogP contribution in [0, 0.1) is 38.5 Å². The molecule has 0 spiro atoms. The summed E-state index contributed by atoms with van der Waals surface area (Å²) in [6.07, 6.45) is 8.54. The first kappa shape index (κ1) is 30.5. The number of nitrogens with zero attached hydrogens (tertiary/aromatic N) is 4. The van der Waals surface area contributed by atoms with Gasteiger partial charge in [-0.1, -0.05) is 91.9 Å². The molecule has 5 atom stereocenters. The monoisotopic (exact) mass is 574 g/mol. The van der Waals surface area contributed by atoms with Gasteiger partial charge in [-0.05, 0) is 49.8 Å². The van der Waals surface area contributed by atoms with E-state index in [1.54, 1.807) is 0 Å². The fraction of sp³-hybridized carbons (Fsp3) is 0.412. The summed E-state index contributed by atoms with van der Waals surface area (Å²) in [6.45, 7) is 16.7. The summed E-state index contributed by atoms with van der Waals surface area (Å²) < 4.78 is 5.39. The summed E-state index contributed by atoms with van der Waals surface area (Å²) in [6, 6.07) is -0.271. The normalized spacial score (nSPS) is 26.0. The van der Waals surface area contributed by atoms with Gasteiger partial charge in [0.15, 0.2) is 6.29 Å². The van der Waals surface area contributed by atoms with Crippen molar-refractivity contribution < 1.29 is 14.9 Å². The van der Waals surface area contributed by atoms with Crippen molar-refractivity contribution in [3.05, 3.63) is 83.8 Å². The van der Waals surface area contributed by atoms with E-state index in [1.165, 1.54) is 7.11 Å². The van der Waals surface area contributed by atoms with E-state index in [0.717, 1.165) is 79.7 Å². The molecule has 0 amide bonds. The summed E-state index contributed by atoms with van der Waals surface area (Å²) in [5, 5.41) is 31.0. The molecule has 216 valence electrons. The molecular formula is C34H38MgN4O3-2. The average molecular weight is 575 g/mol. The fourth-order valence-corrected chi connectivity index (χ4v) is 7.19. The maximum absolute atomic E-state index is 11.6. The van der Waals surface area contributed by atoms with Crippen molar-refractivity contribution in [1.82, 2.24) is 15.0 Å². The number of rotatable bonds is 5. The van der Waals surface area contributed by atoms with E-state index in [2.05, 4.69) is 53.3 Å². The number of hydrogen-bond donors (Lipinski definition) is 2. The predicted octanol–water partition coefficient (Wildman–Crippen LogP) is 2.15. The molecule has 3 aliphatic rings. The summed E-state index contributed by atoms with van der Waals surface area (Å²) >= 11 is 0. The summed E-state index contributed by atoms with van der Waals surface area (Å²) in [7, 11) is 1.45. The smallest absolute Gasteiger partial charge is 0.681 e. The molecule has 1 aliphatic carbocycles. The number of hydrogen-bond acceptors (Lipinski definition) is 3. The number of methoxy groups -OCH3 is 1. The van der Waals surface area contributed by atoms with Crippen LogP contribution >= 0.6 is 0 Å². The van der Waals surface area contributed by atoms with Gasteiger partial charge in [-0.2, -0.15) is 5.70 Å². The van der Waals surface area contributed by atoms with Crippen molar-refractivity contribution >= 4 is 58.7 Å². The van der Waals surface area contributed by atoms with Crippen LogP contribution in [0.5, 0.6) is 0 Å². The molecule has 0 radical (unpaired) electrons. The first-order chi connectivity index (χ1) is 19.6. The number of allylic oxidation sites excluding steroid dienone is 1. The standard InChI is InChI=1S/C34H38N4O3.Mg/c1-9-19-15(4)22-12-24-17(6)21(11-3)31(37-24)29-30(34(40)41-8)33(39)28-18(7)25(38-32(28)29)14-27-20(10-2)16(5)23(36-27)13-26(19)35-22;/h9,12-14,17,21,30-31,34,39-40H,1,10-11H2,2-8H3;/q-4;+2/b23-13-,24-12-,27-14-;/t17-,21-,30+,31?,34?;/m0./s1. The summed E-state index contributed by atoms with van der Waals surface area (Å²) in [4.78, 5) is 15.2. The molecule has 3 aromatic heterocycles. The van der Waals surface area contributed by atoms with Gasteiger partial charge in [0, 0.05) is 7.11 Å². The Kier molecular flexibility index (Phi) is 8.22. The van der Waals surface area contributed by atoms with Crippen molar-refractivity contribution in [3.63, 3.8) is 0 Å². The summed E-state index contributed by atoms with van der Waals surface area (Å²) in [5.74, 6) is -0.334. The number of ether oxygens (including phenoxy) is 1. The van der Waals surface area contributed by atoms with Crippen molar-refractivity contribution in [3.8, 4) is 0 Å². The van der Waals surface area contributed by atoms with Crippen molar-refractivity contribution in [1.29, 1.82) is 0 Å². The zero-order valence-electron chi connectivity index (χ0n) is 25.6. The first-order valence-corrected chi connectivity index (χ1v) is 14.5. The van der Waals surface area contributed by atoms with E-state index in [4.69, 9.17) is 25.0 Å². The van der Waals surface area contributed by atoms with E-state index in [1.807, 2.05) is 19.1 Å². The second-order valence-corrected chi connectivity index (χ2v) is 11.5. The van der Waals surface area contributed by atoms with Gasteiger partial charge in [-0.3, -0.25) is 0 Å². The SMILES string of the molecule is C=Cc1c2[n-]c(c1C)/C=C1\[N-]C(C3=c4[n-]c(c(C)c4=C(O)[C@@H]3C(O)OC)/C=c3\[n-]/c(c(C)c3CC)=C\2)[C@@H](CC)[C@@H]1C.[Mg+2]. The molecule has 42 heavy (non-hydrogen) atoms. The molecule has 2 unspecified atom stereocenters. The summed E-state index contributed by atoms with van der Waals surface area (Å²) in [5.41, 5.74) is 9.45. The van der Waals surface area contributed by atoms with Crippen LogP contribution in [-0.2, 0) is 11.2 Å². The number of aliphatic hydroxyl groups excluding tert-OH is 2. The molecule has 8 heteroatoms. The van der Waals surface area contributed by atoms with Gasteiger partial charge in [-0.15, -0.1) is 33.1 Å². The van der Waals surface area contributed by atoms with Crippen LogP contribution in [-0.4, -0.2) is 52.7 Å². The Bertz CT molecular complexity index is 1850. The second-order valence-electron chi connectivity index (χ2n) is 11.5. The zero-order chi connectivity index (χ0) is 29.3. The Morgan fingerprint density at radius 3 is 2.31 bits per heavy atom. The number of aliphatic hydroxyl groups is 2. The third-order valence-electron chi connectivity index (χ3n) is 9.59. The predicted molar refractivity (Wildman–Crippen MR) is 168 cm³/mol. The van der Waals surface area contributed by atoms with Crippen LogP contribution in [0.4, 0.5) is 0 Å². The first-order valence-electron chi connectivity index (χ1n) is 14.5. The number of fused-ring (bicyclic) bond motifs is 8. The van der Waals surface area contributed by atoms with Crippen molar-refractivity contribution in [2.24, 2.45) is 17.8 Å². The zero-order valence-corrected chi connectivity index (χ0v) is 27.0. The van der Waals surface area contributed by atoms with E-state index in [-0.39, 0.29) is 46.7 Å². The van der Waals surface area contributed by atoms with E-state index in [9.17, 15) is 10.2 Å². The second kappa shape index (κ2) is 11.3. The molecule has 2 N–H and O–H groups in total. The molecule has 1 saturated heterocycles.